The molecule has 0 unspecified atom stereocenters. The molecule has 4 rings (SSSR count). The zero-order valence-electron chi connectivity index (χ0n) is 16.7. The first-order chi connectivity index (χ1) is 13.5. The zero-order valence-corrected chi connectivity index (χ0v) is 16.7. The smallest absolute Gasteiger partial charge is 0.224 e. The maximum absolute atomic E-state index is 6.20. The quantitative estimate of drug-likeness (QED) is 0.718. The van der Waals surface area contributed by atoms with E-state index in [2.05, 4.69) is 53.1 Å². The van der Waals surface area contributed by atoms with E-state index in [0.717, 1.165) is 23.2 Å². The van der Waals surface area contributed by atoms with Crippen molar-refractivity contribution in [1.82, 2.24) is 15.0 Å². The van der Waals surface area contributed by atoms with Crippen LogP contribution >= 0.6 is 0 Å². The molecule has 1 aliphatic rings. The molecule has 0 aliphatic heterocycles. The van der Waals surface area contributed by atoms with Crippen LogP contribution in [0.1, 0.15) is 48.8 Å². The Labute approximate surface area is 166 Å². The average molecular weight is 377 g/mol. The van der Waals surface area contributed by atoms with Crippen LogP contribution in [0.3, 0.4) is 0 Å². The molecule has 0 atom stereocenters. The summed E-state index contributed by atoms with van der Waals surface area (Å²) < 4.78 is 0. The minimum Gasteiger partial charge on any atom is -0.383 e. The molecule has 6 heteroatoms. The van der Waals surface area contributed by atoms with Crippen molar-refractivity contribution < 1.29 is 0 Å². The number of aryl methyl sites for hydroxylation is 1. The van der Waals surface area contributed by atoms with Gasteiger partial charge in [0, 0.05) is 25.1 Å². The number of rotatable bonds is 4. The second-order valence-electron chi connectivity index (χ2n) is 7.77. The third-order valence-corrected chi connectivity index (χ3v) is 5.92. The number of fused-ring (bicyclic) bond motifs is 1. The molecule has 1 aliphatic carbocycles. The molecule has 28 heavy (non-hydrogen) atoms. The summed E-state index contributed by atoms with van der Waals surface area (Å²) in [7, 11) is 2.16. The third-order valence-electron chi connectivity index (χ3n) is 5.92. The molecule has 2 aromatic heterocycles. The maximum atomic E-state index is 6.20. The van der Waals surface area contributed by atoms with Gasteiger partial charge in [-0.25, -0.2) is 4.98 Å². The predicted octanol–water partition coefficient (Wildman–Crippen LogP) is 3.86. The highest BCUT2D eigenvalue weighted by atomic mass is 15.2. The van der Waals surface area contributed by atoms with E-state index in [4.69, 9.17) is 16.5 Å². The molecule has 3 aromatic rings. The van der Waals surface area contributed by atoms with Crippen LogP contribution in [0.15, 0.2) is 30.3 Å². The standard InChI is InChI=1S/C22H28N6/c1-14-17(13-15-9-5-3-6-10-15)21(28(2)16-11-7-4-8-12-16)26-20-18(14)19(23)25-22(24)27-20/h3,5-6,9-10,16H,4,7-8,11-13H2,1-2H3,(H4,23,24,25,26,27). The monoisotopic (exact) mass is 376 g/mol. The van der Waals surface area contributed by atoms with E-state index in [1.54, 1.807) is 0 Å². The van der Waals surface area contributed by atoms with E-state index in [1.807, 2.05) is 6.07 Å². The lowest BCUT2D eigenvalue weighted by molar-refractivity contribution is 0.425. The Kier molecular flexibility index (Phi) is 5.03. The molecule has 0 saturated heterocycles. The van der Waals surface area contributed by atoms with Gasteiger partial charge in [0.25, 0.3) is 0 Å². The molecule has 1 aromatic carbocycles. The maximum Gasteiger partial charge on any atom is 0.224 e. The van der Waals surface area contributed by atoms with Gasteiger partial charge in [0.1, 0.15) is 11.6 Å². The molecule has 4 N–H and O–H groups in total. The highest BCUT2D eigenvalue weighted by Crippen LogP contribution is 2.34. The molecule has 146 valence electrons. The first-order valence-electron chi connectivity index (χ1n) is 10.0. The summed E-state index contributed by atoms with van der Waals surface area (Å²) in [6, 6.07) is 11.0. The van der Waals surface area contributed by atoms with Crippen LogP contribution in [0, 0.1) is 6.92 Å². The number of hydrogen-bond donors (Lipinski definition) is 2. The van der Waals surface area contributed by atoms with Crippen molar-refractivity contribution >= 4 is 28.6 Å². The van der Waals surface area contributed by atoms with Gasteiger partial charge in [-0.1, -0.05) is 49.6 Å². The lowest BCUT2D eigenvalue weighted by Crippen LogP contribution is -2.35. The number of benzene rings is 1. The Balaban J connectivity index is 1.88. The Bertz CT molecular complexity index is 979. The van der Waals surface area contributed by atoms with E-state index in [0.29, 0.717) is 17.5 Å². The Morgan fingerprint density at radius 3 is 2.43 bits per heavy atom. The van der Waals surface area contributed by atoms with E-state index in [-0.39, 0.29) is 5.95 Å². The summed E-state index contributed by atoms with van der Waals surface area (Å²) in [5.74, 6) is 1.55. The Morgan fingerprint density at radius 1 is 1.00 bits per heavy atom. The number of aromatic nitrogens is 3. The SMILES string of the molecule is Cc1c(Cc2ccccc2)c(N(C)C2CCCCC2)nc2nc(N)nc(N)c12. The predicted molar refractivity (Wildman–Crippen MR) is 115 cm³/mol. The van der Waals surface area contributed by atoms with Crippen molar-refractivity contribution in [3.8, 4) is 0 Å². The van der Waals surface area contributed by atoms with Crippen LogP contribution < -0.4 is 16.4 Å². The molecule has 6 nitrogen and oxygen atoms in total. The largest absolute Gasteiger partial charge is 0.383 e. The van der Waals surface area contributed by atoms with Crippen LogP contribution in [0.2, 0.25) is 0 Å². The van der Waals surface area contributed by atoms with Crippen molar-refractivity contribution in [3.05, 3.63) is 47.0 Å². The zero-order chi connectivity index (χ0) is 19.7. The number of pyridine rings is 1. The summed E-state index contributed by atoms with van der Waals surface area (Å²) in [5.41, 5.74) is 16.2. The second-order valence-corrected chi connectivity index (χ2v) is 7.77. The van der Waals surface area contributed by atoms with Gasteiger partial charge < -0.3 is 16.4 Å². The highest BCUT2D eigenvalue weighted by molar-refractivity contribution is 5.92. The van der Waals surface area contributed by atoms with Gasteiger partial charge in [-0.15, -0.1) is 0 Å². The number of nitrogen functional groups attached to an aromatic ring is 2. The van der Waals surface area contributed by atoms with Crippen LogP contribution in [0.4, 0.5) is 17.6 Å². The molecule has 0 bridgehead atoms. The molecule has 2 heterocycles. The summed E-state index contributed by atoms with van der Waals surface area (Å²) >= 11 is 0. The van der Waals surface area contributed by atoms with Gasteiger partial charge >= 0.3 is 0 Å². The van der Waals surface area contributed by atoms with Crippen molar-refractivity contribution in [3.63, 3.8) is 0 Å². The lowest BCUT2D eigenvalue weighted by atomic mass is 9.93. The van der Waals surface area contributed by atoms with Gasteiger partial charge in [-0.2, -0.15) is 9.97 Å². The second kappa shape index (κ2) is 7.62. The number of nitrogens with zero attached hydrogens (tertiary/aromatic N) is 4. The summed E-state index contributed by atoms with van der Waals surface area (Å²) in [6.45, 7) is 2.09. The minimum atomic E-state index is 0.166. The van der Waals surface area contributed by atoms with Crippen LogP contribution in [-0.4, -0.2) is 28.0 Å². The number of nitrogens with two attached hydrogens (primary N) is 2. The Hall–Kier alpha value is -2.89. The van der Waals surface area contributed by atoms with Crippen molar-refractivity contribution in [2.75, 3.05) is 23.4 Å². The summed E-state index contributed by atoms with van der Waals surface area (Å²) in [5, 5.41) is 0.806. The van der Waals surface area contributed by atoms with Crippen LogP contribution in [0.25, 0.3) is 11.0 Å². The van der Waals surface area contributed by atoms with Gasteiger partial charge in [0.2, 0.25) is 5.95 Å². The van der Waals surface area contributed by atoms with Gasteiger partial charge in [0.05, 0.1) is 5.39 Å². The molecule has 0 spiro atoms. The molecular formula is C22H28N6. The van der Waals surface area contributed by atoms with E-state index in [9.17, 15) is 0 Å². The molecule has 1 fully saturated rings. The molecule has 1 saturated carbocycles. The van der Waals surface area contributed by atoms with Gasteiger partial charge in [-0.05, 0) is 30.9 Å². The third kappa shape index (κ3) is 3.46. The first-order valence-corrected chi connectivity index (χ1v) is 10.0. The number of hydrogen-bond acceptors (Lipinski definition) is 6. The normalized spacial score (nSPS) is 15.1. The van der Waals surface area contributed by atoms with E-state index in [1.165, 1.54) is 43.2 Å². The van der Waals surface area contributed by atoms with E-state index < -0.39 is 0 Å². The minimum absolute atomic E-state index is 0.166. The number of anilines is 3. The summed E-state index contributed by atoms with van der Waals surface area (Å²) in [6.07, 6.45) is 7.08. The topological polar surface area (TPSA) is 94.0 Å². The highest BCUT2D eigenvalue weighted by Gasteiger charge is 2.24. The van der Waals surface area contributed by atoms with Crippen LogP contribution in [-0.2, 0) is 6.42 Å². The molecule has 0 radical (unpaired) electrons. The van der Waals surface area contributed by atoms with Crippen LogP contribution in [0.5, 0.6) is 0 Å². The van der Waals surface area contributed by atoms with Crippen molar-refractivity contribution in [2.45, 2.75) is 51.5 Å². The summed E-state index contributed by atoms with van der Waals surface area (Å²) in [4.78, 5) is 15.8. The fourth-order valence-corrected chi connectivity index (χ4v) is 4.36. The van der Waals surface area contributed by atoms with Crippen molar-refractivity contribution in [2.24, 2.45) is 0 Å². The first kappa shape index (κ1) is 18.5. The van der Waals surface area contributed by atoms with Gasteiger partial charge in [0.15, 0.2) is 5.65 Å². The Morgan fingerprint density at radius 2 is 1.71 bits per heavy atom. The average Bonchev–Trinajstić information content (AvgIpc) is 2.70. The molecule has 0 amide bonds. The van der Waals surface area contributed by atoms with E-state index >= 15 is 0 Å². The fraction of sp³-hybridized carbons (Fsp3) is 0.409. The van der Waals surface area contributed by atoms with Gasteiger partial charge in [-0.3, -0.25) is 0 Å². The lowest BCUT2D eigenvalue weighted by Gasteiger charge is -2.34. The molecular weight excluding hydrogens is 348 g/mol. The van der Waals surface area contributed by atoms with Crippen molar-refractivity contribution in [1.29, 1.82) is 0 Å². The fourth-order valence-electron chi connectivity index (χ4n) is 4.36.